The standard InChI is InChI=1S/C15H25N5O3S2/c1-24-9-17-19-12(24)8-11(15-20-18-10-25(15)2)14(23)16-7-5-3-4-6-13(21)22/h9-11,24-25H,3-8H2,1-2H3,(H,16,23)(H,21,22). The lowest BCUT2D eigenvalue weighted by Crippen LogP contribution is -2.36. The van der Waals surface area contributed by atoms with Crippen molar-refractivity contribution in [2.24, 2.45) is 26.3 Å². The maximum absolute atomic E-state index is 12.7. The molecule has 2 heterocycles. The quantitative estimate of drug-likeness (QED) is 0.338. The highest BCUT2D eigenvalue weighted by atomic mass is 32.2. The van der Waals surface area contributed by atoms with Gasteiger partial charge in [-0.25, -0.2) is 0 Å². The summed E-state index contributed by atoms with van der Waals surface area (Å²) in [6.45, 7) is 0.536. The highest BCUT2D eigenvalue weighted by molar-refractivity contribution is 8.40. The van der Waals surface area contributed by atoms with Gasteiger partial charge in [0.2, 0.25) is 5.91 Å². The van der Waals surface area contributed by atoms with Crippen LogP contribution in [0, 0.1) is 5.92 Å². The SMILES string of the molecule is C[SH]1C=NN=C1CC(C(=O)NCCCCCC(=O)O)C1=NN=C[SH]1C. The van der Waals surface area contributed by atoms with Gasteiger partial charge in [-0.15, -0.1) is 10.2 Å². The van der Waals surface area contributed by atoms with Crippen molar-refractivity contribution in [1.29, 1.82) is 0 Å². The van der Waals surface area contributed by atoms with E-state index in [1.165, 1.54) is 0 Å². The van der Waals surface area contributed by atoms with Crippen LogP contribution in [0.15, 0.2) is 20.4 Å². The zero-order chi connectivity index (χ0) is 18.2. The van der Waals surface area contributed by atoms with Crippen molar-refractivity contribution in [2.45, 2.75) is 32.1 Å². The average molecular weight is 388 g/mol. The molecule has 0 spiro atoms. The Kier molecular flexibility index (Phi) is 7.63. The third kappa shape index (κ3) is 5.96. The van der Waals surface area contributed by atoms with Gasteiger partial charge >= 0.3 is 5.97 Å². The fourth-order valence-corrected chi connectivity index (χ4v) is 4.72. The number of nitrogens with one attached hydrogen (secondary N) is 1. The lowest BCUT2D eigenvalue weighted by molar-refractivity contribution is -0.137. The topological polar surface area (TPSA) is 116 Å². The van der Waals surface area contributed by atoms with Crippen LogP contribution >= 0.6 is 21.8 Å². The highest BCUT2D eigenvalue weighted by Gasteiger charge is 2.31. The molecular formula is C15H25N5O3S2. The summed E-state index contributed by atoms with van der Waals surface area (Å²) < 4.78 is 0. The lowest BCUT2D eigenvalue weighted by atomic mass is 10.1. The summed E-state index contributed by atoms with van der Waals surface area (Å²) in [7, 11) is -1.13. The van der Waals surface area contributed by atoms with E-state index in [2.05, 4.69) is 32.0 Å². The van der Waals surface area contributed by atoms with E-state index in [0.29, 0.717) is 19.4 Å². The van der Waals surface area contributed by atoms with Gasteiger partial charge in [0.05, 0.1) is 27.1 Å². The van der Waals surface area contributed by atoms with Crippen molar-refractivity contribution in [3.05, 3.63) is 0 Å². The molecule has 1 amide bonds. The van der Waals surface area contributed by atoms with E-state index >= 15 is 0 Å². The van der Waals surface area contributed by atoms with E-state index < -0.39 is 27.8 Å². The van der Waals surface area contributed by atoms with Gasteiger partial charge in [0, 0.05) is 19.4 Å². The number of carbonyl (C=O) groups is 2. The Balaban J connectivity index is 1.86. The summed E-state index contributed by atoms with van der Waals surface area (Å²) in [5.74, 6) is -1.20. The van der Waals surface area contributed by atoms with Gasteiger partial charge in [-0.1, -0.05) is 6.42 Å². The monoisotopic (exact) mass is 387 g/mol. The maximum Gasteiger partial charge on any atom is 0.303 e. The van der Waals surface area contributed by atoms with Crippen LogP contribution < -0.4 is 5.32 Å². The van der Waals surface area contributed by atoms with Gasteiger partial charge in [-0.05, 0) is 25.4 Å². The van der Waals surface area contributed by atoms with E-state index in [4.69, 9.17) is 5.11 Å². The average Bonchev–Trinajstić information content (AvgIpc) is 3.16. The number of hydrogen-bond donors (Lipinski definition) is 4. The summed E-state index contributed by atoms with van der Waals surface area (Å²) >= 11 is 0. The first-order chi connectivity index (χ1) is 12.0. The van der Waals surface area contributed by atoms with Crippen LogP contribution in [0.1, 0.15) is 32.1 Å². The number of unbranched alkanes of at least 4 members (excludes halogenated alkanes) is 2. The first-order valence-electron chi connectivity index (χ1n) is 8.15. The molecule has 0 saturated carbocycles. The summed E-state index contributed by atoms with van der Waals surface area (Å²) in [5, 5.41) is 29.6. The molecule has 0 fully saturated rings. The fraction of sp³-hybridized carbons (Fsp3) is 0.600. The first-order valence-corrected chi connectivity index (χ1v) is 11.9. The van der Waals surface area contributed by atoms with Crippen LogP contribution in [0.25, 0.3) is 0 Å². The molecule has 2 N–H and O–H groups in total. The van der Waals surface area contributed by atoms with Gasteiger partial charge in [0.25, 0.3) is 0 Å². The van der Waals surface area contributed by atoms with E-state index in [-0.39, 0.29) is 18.2 Å². The molecule has 8 nitrogen and oxygen atoms in total. The largest absolute Gasteiger partial charge is 0.481 e. The maximum atomic E-state index is 12.7. The Morgan fingerprint density at radius 1 is 1.12 bits per heavy atom. The number of rotatable bonds is 10. The van der Waals surface area contributed by atoms with Crippen molar-refractivity contribution in [3.63, 3.8) is 0 Å². The third-order valence-electron chi connectivity index (χ3n) is 3.93. The third-order valence-corrected chi connectivity index (χ3v) is 7.04. The molecule has 25 heavy (non-hydrogen) atoms. The molecule has 140 valence electrons. The number of carboxylic acids is 1. The number of carbonyl (C=O) groups excluding carboxylic acids is 1. The lowest BCUT2D eigenvalue weighted by Gasteiger charge is -2.21. The van der Waals surface area contributed by atoms with Crippen LogP contribution in [0.4, 0.5) is 0 Å². The number of nitrogens with zero attached hydrogens (tertiary/aromatic N) is 4. The normalized spacial score (nSPS) is 25.5. The molecule has 2 aliphatic rings. The molecule has 10 heteroatoms. The van der Waals surface area contributed by atoms with Crippen LogP contribution in [0.5, 0.6) is 0 Å². The molecule has 0 aromatic rings. The van der Waals surface area contributed by atoms with Crippen molar-refractivity contribution >= 4 is 54.8 Å². The Bertz CT molecular complexity index is 633. The second-order valence-electron chi connectivity index (χ2n) is 5.91. The van der Waals surface area contributed by atoms with Crippen LogP contribution in [0.2, 0.25) is 0 Å². The minimum Gasteiger partial charge on any atom is -0.481 e. The fourth-order valence-electron chi connectivity index (χ4n) is 2.50. The van der Waals surface area contributed by atoms with E-state index in [9.17, 15) is 9.59 Å². The summed E-state index contributed by atoms with van der Waals surface area (Å²) in [4.78, 5) is 23.2. The second kappa shape index (κ2) is 9.71. The van der Waals surface area contributed by atoms with Crippen molar-refractivity contribution in [1.82, 2.24) is 5.32 Å². The number of hydrogen-bond acceptors (Lipinski definition) is 6. The molecule has 0 aromatic heterocycles. The number of amides is 1. The minimum atomic E-state index is -0.782. The van der Waals surface area contributed by atoms with Crippen molar-refractivity contribution in [2.75, 3.05) is 19.1 Å². The van der Waals surface area contributed by atoms with Gasteiger partial charge in [-0.2, -0.15) is 32.0 Å². The van der Waals surface area contributed by atoms with Crippen LogP contribution in [0.3, 0.4) is 0 Å². The molecule has 2 aliphatic heterocycles. The second-order valence-corrected chi connectivity index (χ2v) is 9.79. The van der Waals surface area contributed by atoms with Crippen molar-refractivity contribution in [3.8, 4) is 0 Å². The van der Waals surface area contributed by atoms with Gasteiger partial charge in [-0.3, -0.25) is 9.59 Å². The Morgan fingerprint density at radius 3 is 2.44 bits per heavy atom. The van der Waals surface area contributed by atoms with Gasteiger partial charge in [0.1, 0.15) is 0 Å². The van der Waals surface area contributed by atoms with Crippen LogP contribution in [-0.4, -0.2) is 57.2 Å². The number of thiol groups is 2. The molecule has 3 atom stereocenters. The highest BCUT2D eigenvalue weighted by Crippen LogP contribution is 2.35. The van der Waals surface area contributed by atoms with E-state index in [1.807, 2.05) is 11.8 Å². The molecule has 0 radical (unpaired) electrons. The Labute approximate surface area is 152 Å². The molecule has 0 bridgehead atoms. The molecule has 0 aliphatic carbocycles. The number of carboxylic acid groups (broad SMARTS) is 1. The smallest absolute Gasteiger partial charge is 0.303 e. The van der Waals surface area contributed by atoms with Gasteiger partial charge in [0.15, 0.2) is 0 Å². The Hall–Kier alpha value is -1.68. The van der Waals surface area contributed by atoms with E-state index in [0.717, 1.165) is 22.9 Å². The van der Waals surface area contributed by atoms with Crippen LogP contribution in [-0.2, 0) is 9.59 Å². The van der Waals surface area contributed by atoms with Gasteiger partial charge < -0.3 is 10.4 Å². The molecule has 0 saturated heterocycles. The molecule has 0 aromatic carbocycles. The predicted molar refractivity (Wildman–Crippen MR) is 109 cm³/mol. The zero-order valence-corrected chi connectivity index (χ0v) is 16.2. The number of aliphatic carboxylic acids is 1. The summed E-state index contributed by atoms with van der Waals surface area (Å²) in [6, 6.07) is 0. The summed E-state index contributed by atoms with van der Waals surface area (Å²) in [5.41, 5.74) is 3.64. The molecule has 2 rings (SSSR count). The predicted octanol–water partition coefficient (Wildman–Crippen LogP) is 1.73. The first kappa shape index (κ1) is 19.6. The van der Waals surface area contributed by atoms with Crippen molar-refractivity contribution < 1.29 is 14.7 Å². The summed E-state index contributed by atoms with van der Waals surface area (Å²) in [6.07, 6.45) is 6.99. The minimum absolute atomic E-state index is 0.0603. The molecule has 3 unspecified atom stereocenters. The molecular weight excluding hydrogens is 362 g/mol. The zero-order valence-electron chi connectivity index (χ0n) is 14.4. The van der Waals surface area contributed by atoms with E-state index in [1.54, 1.807) is 5.55 Å². The Morgan fingerprint density at radius 2 is 1.84 bits per heavy atom.